The van der Waals surface area contributed by atoms with Crippen LogP contribution in [-0.4, -0.2) is 58.2 Å². The number of rotatable bonds is 8. The van der Waals surface area contributed by atoms with Crippen molar-refractivity contribution in [3.63, 3.8) is 0 Å². The smallest absolute Gasteiger partial charge is 0.230 e. The molecule has 9 heteroatoms. The van der Waals surface area contributed by atoms with E-state index in [0.717, 1.165) is 31.2 Å². The van der Waals surface area contributed by atoms with Crippen LogP contribution >= 0.6 is 35.6 Å². The highest BCUT2D eigenvalue weighted by molar-refractivity contribution is 14.0. The molecule has 0 aliphatic heterocycles. The number of benzene rings is 1. The van der Waals surface area contributed by atoms with Crippen LogP contribution in [0.5, 0.6) is 11.5 Å². The normalized spacial score (nSPS) is 15.2. The molecule has 0 radical (unpaired) electrons. The van der Waals surface area contributed by atoms with E-state index in [0.29, 0.717) is 42.2 Å². The Labute approximate surface area is 201 Å². The first-order valence-corrected chi connectivity index (χ1v) is 10.4. The van der Waals surface area contributed by atoms with Gasteiger partial charge < -0.3 is 25.0 Å². The first-order valence-electron chi connectivity index (χ1n) is 10.0. The second-order valence-corrected chi connectivity index (χ2v) is 7.92. The van der Waals surface area contributed by atoms with Crippen molar-refractivity contribution < 1.29 is 14.3 Å². The fourth-order valence-corrected chi connectivity index (χ4v) is 4.10. The third-order valence-electron chi connectivity index (χ3n) is 5.28. The van der Waals surface area contributed by atoms with Crippen molar-refractivity contribution in [3.8, 4) is 11.5 Å². The summed E-state index contributed by atoms with van der Waals surface area (Å²) in [6.07, 6.45) is 3.97. The monoisotopic (exact) mass is 552 g/mol. The number of nitrogens with one attached hydrogen (secondary N) is 2. The van der Waals surface area contributed by atoms with E-state index < -0.39 is 0 Å². The quantitative estimate of drug-likeness (QED) is 0.292. The van der Waals surface area contributed by atoms with Gasteiger partial charge in [0.15, 0.2) is 17.5 Å². The molecule has 0 heterocycles. The summed E-state index contributed by atoms with van der Waals surface area (Å²) in [6, 6.07) is 3.74. The summed E-state index contributed by atoms with van der Waals surface area (Å²) in [7, 11) is 6.95. The van der Waals surface area contributed by atoms with E-state index >= 15 is 0 Å². The number of hydrogen-bond acceptors (Lipinski definition) is 4. The van der Waals surface area contributed by atoms with Crippen LogP contribution in [0.25, 0.3) is 0 Å². The lowest BCUT2D eigenvalue weighted by Crippen LogP contribution is -2.49. The van der Waals surface area contributed by atoms with Gasteiger partial charge in [-0.25, -0.2) is 0 Å². The molecule has 0 saturated heterocycles. The molecule has 7 nitrogen and oxygen atoms in total. The molecule has 170 valence electrons. The molecule has 0 aromatic heterocycles. The maximum atomic E-state index is 12.7. The topological polar surface area (TPSA) is 75.2 Å². The summed E-state index contributed by atoms with van der Waals surface area (Å²) >= 11 is 6.35. The molecular formula is C21H34ClIN4O3. The third-order valence-corrected chi connectivity index (χ3v) is 5.56. The maximum Gasteiger partial charge on any atom is 0.230 e. The van der Waals surface area contributed by atoms with Gasteiger partial charge >= 0.3 is 0 Å². The van der Waals surface area contributed by atoms with Crippen LogP contribution in [0, 0.1) is 5.41 Å². The number of ether oxygens (including phenoxy) is 2. The van der Waals surface area contributed by atoms with E-state index in [4.69, 9.17) is 21.1 Å². The molecule has 1 aliphatic carbocycles. The van der Waals surface area contributed by atoms with Gasteiger partial charge in [0.25, 0.3) is 0 Å². The lowest BCUT2D eigenvalue weighted by molar-refractivity contribution is -0.138. The summed E-state index contributed by atoms with van der Waals surface area (Å²) in [6.45, 7) is 3.49. The minimum Gasteiger partial charge on any atom is -0.493 e. The summed E-state index contributed by atoms with van der Waals surface area (Å²) in [4.78, 5) is 18.7. The van der Waals surface area contributed by atoms with Crippen LogP contribution in [0.1, 0.15) is 38.2 Å². The van der Waals surface area contributed by atoms with E-state index in [9.17, 15) is 4.79 Å². The molecule has 1 aromatic carbocycles. The predicted molar refractivity (Wildman–Crippen MR) is 132 cm³/mol. The summed E-state index contributed by atoms with van der Waals surface area (Å²) in [5.41, 5.74) is 0.588. The van der Waals surface area contributed by atoms with Crippen LogP contribution < -0.4 is 20.1 Å². The minimum atomic E-state index is -0.354. The Kier molecular flexibility index (Phi) is 11.0. The average molecular weight is 553 g/mol. The molecular weight excluding hydrogens is 519 g/mol. The standard InChI is InChI=1S/C21H33ClN4O3.HI/c1-6-29-18-16(22)11-15(12-17(18)28-5)13-24-20(23-2)25-14-21(9-7-8-10-21)19(27)26(3)4;/h11-12H,6-10,13-14H2,1-5H3,(H2,23,24,25);1H. The molecule has 0 atom stereocenters. The number of methoxy groups -OCH3 is 1. The molecule has 1 amide bonds. The fraction of sp³-hybridized carbons (Fsp3) is 0.619. The molecule has 1 fully saturated rings. The lowest BCUT2D eigenvalue weighted by atomic mass is 9.84. The molecule has 2 N–H and O–H groups in total. The highest BCUT2D eigenvalue weighted by atomic mass is 127. The summed E-state index contributed by atoms with van der Waals surface area (Å²) in [5, 5.41) is 7.13. The average Bonchev–Trinajstić information content (AvgIpc) is 3.19. The van der Waals surface area contributed by atoms with Crippen molar-refractivity contribution in [1.82, 2.24) is 15.5 Å². The second-order valence-electron chi connectivity index (χ2n) is 7.51. The minimum absolute atomic E-state index is 0. The summed E-state index contributed by atoms with van der Waals surface area (Å²) < 4.78 is 11.0. The molecule has 0 spiro atoms. The molecule has 0 bridgehead atoms. The van der Waals surface area contributed by atoms with Crippen molar-refractivity contribution in [1.29, 1.82) is 0 Å². The van der Waals surface area contributed by atoms with Crippen molar-refractivity contribution in [2.24, 2.45) is 10.4 Å². The van der Waals surface area contributed by atoms with Crippen molar-refractivity contribution in [2.75, 3.05) is 41.4 Å². The Hall–Kier alpha value is -1.42. The fourth-order valence-electron chi connectivity index (χ4n) is 3.81. The Bertz CT molecular complexity index is 737. The van der Waals surface area contributed by atoms with Gasteiger partial charge in [-0.2, -0.15) is 0 Å². The van der Waals surface area contributed by atoms with E-state index in [2.05, 4.69) is 15.6 Å². The zero-order valence-corrected chi connectivity index (χ0v) is 21.6. The van der Waals surface area contributed by atoms with Gasteiger partial charge in [0.2, 0.25) is 5.91 Å². The lowest BCUT2D eigenvalue weighted by Gasteiger charge is -2.31. The van der Waals surface area contributed by atoms with E-state index in [1.807, 2.05) is 33.2 Å². The highest BCUT2D eigenvalue weighted by Crippen LogP contribution is 2.39. The van der Waals surface area contributed by atoms with Gasteiger partial charge in [0, 0.05) is 34.2 Å². The number of guanidine groups is 1. The van der Waals surface area contributed by atoms with Crippen LogP contribution in [0.2, 0.25) is 5.02 Å². The van der Waals surface area contributed by atoms with Gasteiger partial charge in [-0.05, 0) is 37.5 Å². The van der Waals surface area contributed by atoms with E-state index in [1.165, 1.54) is 0 Å². The molecule has 1 aromatic rings. The molecule has 30 heavy (non-hydrogen) atoms. The number of carbonyl (C=O) groups is 1. The largest absolute Gasteiger partial charge is 0.493 e. The second kappa shape index (κ2) is 12.4. The van der Waals surface area contributed by atoms with E-state index in [1.54, 1.807) is 19.1 Å². The van der Waals surface area contributed by atoms with Gasteiger partial charge in [0.1, 0.15) is 0 Å². The van der Waals surface area contributed by atoms with Crippen LogP contribution in [-0.2, 0) is 11.3 Å². The molecule has 1 saturated carbocycles. The van der Waals surface area contributed by atoms with Crippen LogP contribution in [0.3, 0.4) is 0 Å². The predicted octanol–water partition coefficient (Wildman–Crippen LogP) is 3.68. The Morgan fingerprint density at radius 2 is 1.93 bits per heavy atom. The number of amides is 1. The number of nitrogens with zero attached hydrogens (tertiary/aromatic N) is 2. The highest BCUT2D eigenvalue weighted by Gasteiger charge is 2.42. The van der Waals surface area contributed by atoms with Gasteiger partial charge in [-0.15, -0.1) is 24.0 Å². The third kappa shape index (κ3) is 6.54. The number of aliphatic imine (C=N–C) groups is 1. The van der Waals surface area contributed by atoms with Crippen molar-refractivity contribution >= 4 is 47.4 Å². The van der Waals surface area contributed by atoms with Crippen molar-refractivity contribution in [3.05, 3.63) is 22.7 Å². The SMILES string of the molecule is CCOc1c(Cl)cc(CNC(=NC)NCC2(C(=O)N(C)C)CCCC2)cc1OC.I. The Morgan fingerprint density at radius 1 is 1.27 bits per heavy atom. The van der Waals surface area contributed by atoms with Crippen LogP contribution in [0.15, 0.2) is 17.1 Å². The number of hydrogen-bond donors (Lipinski definition) is 2. The summed E-state index contributed by atoms with van der Waals surface area (Å²) in [5.74, 6) is 1.97. The molecule has 1 aliphatic rings. The molecule has 2 rings (SSSR count). The maximum absolute atomic E-state index is 12.7. The van der Waals surface area contributed by atoms with Gasteiger partial charge in [-0.3, -0.25) is 9.79 Å². The van der Waals surface area contributed by atoms with Crippen LogP contribution in [0.4, 0.5) is 0 Å². The zero-order valence-electron chi connectivity index (χ0n) is 18.5. The first kappa shape index (κ1) is 26.6. The number of halogens is 2. The zero-order chi connectivity index (χ0) is 21.4. The van der Waals surface area contributed by atoms with Gasteiger partial charge in [-0.1, -0.05) is 24.4 Å². The first-order chi connectivity index (χ1) is 13.9. The Morgan fingerprint density at radius 3 is 2.47 bits per heavy atom. The van der Waals surface area contributed by atoms with E-state index in [-0.39, 0.29) is 35.3 Å². The van der Waals surface area contributed by atoms with Crippen molar-refractivity contribution in [2.45, 2.75) is 39.2 Å². The molecule has 0 unspecified atom stereocenters. The Balaban J connectivity index is 0.00000450. The van der Waals surface area contributed by atoms with Gasteiger partial charge in [0.05, 0.1) is 24.2 Å². The number of carbonyl (C=O) groups excluding carboxylic acids is 1.